The molecule has 0 bridgehead atoms. The number of rotatable bonds is 16. The lowest BCUT2D eigenvalue weighted by atomic mass is 10.1. The first-order chi connectivity index (χ1) is 20.8. The molecular formula is C32H40N4O6S. The van der Waals surface area contributed by atoms with Crippen LogP contribution in [-0.4, -0.2) is 51.4 Å². The zero-order valence-electron chi connectivity index (χ0n) is 25.3. The topological polar surface area (TPSA) is 115 Å². The molecule has 0 atom stereocenters. The molecule has 2 N–H and O–H groups in total. The summed E-state index contributed by atoms with van der Waals surface area (Å²) in [6, 6.07) is 17.5. The quantitative estimate of drug-likeness (QED) is 0.142. The monoisotopic (exact) mass is 608 g/mol. The van der Waals surface area contributed by atoms with Gasteiger partial charge < -0.3 is 24.3 Å². The molecule has 0 saturated heterocycles. The van der Waals surface area contributed by atoms with E-state index in [0.717, 1.165) is 53.9 Å². The van der Waals surface area contributed by atoms with Gasteiger partial charge in [0, 0.05) is 18.8 Å². The lowest BCUT2D eigenvalue weighted by molar-refractivity contribution is 0.351. The Morgan fingerprint density at radius 2 is 1.33 bits per heavy atom. The fourth-order valence-electron chi connectivity index (χ4n) is 4.77. The second-order valence-electron chi connectivity index (χ2n) is 10.0. The molecule has 0 aliphatic heterocycles. The molecule has 0 radical (unpaired) electrons. The number of unbranched alkanes of at least 4 members (excludes halogenated alkanes) is 2. The van der Waals surface area contributed by atoms with Crippen molar-refractivity contribution in [2.24, 2.45) is 0 Å². The lowest BCUT2D eigenvalue weighted by Gasteiger charge is -2.24. The van der Waals surface area contributed by atoms with Gasteiger partial charge in [0.25, 0.3) is 0 Å². The maximum atomic E-state index is 14.1. The number of aromatic amines is 1. The summed E-state index contributed by atoms with van der Waals surface area (Å²) >= 11 is 0. The van der Waals surface area contributed by atoms with Gasteiger partial charge in [0.05, 0.1) is 50.9 Å². The number of anilines is 2. The molecule has 1 heterocycles. The number of ether oxygens (including phenoxy) is 4. The molecule has 0 aliphatic rings. The molecule has 43 heavy (non-hydrogen) atoms. The van der Waals surface area contributed by atoms with Gasteiger partial charge in [0.1, 0.15) is 0 Å². The number of methoxy groups -OCH3 is 4. The standard InChI is InChI=1S/C32H40N4O6S/c1-6-7-8-9-27-28(20-33-35-27)34-25-12-14-26(15-13-25)43(37,38)36(21-23-10-16-29(39-2)31(18-23)41-4)22-24-11-17-30(40-3)32(19-24)42-5/h10-20,34H,6-9,21-22H2,1-5H3,(H,33,35). The van der Waals surface area contributed by atoms with E-state index in [9.17, 15) is 8.42 Å². The maximum Gasteiger partial charge on any atom is 0.243 e. The van der Waals surface area contributed by atoms with Crippen molar-refractivity contribution in [1.82, 2.24) is 14.5 Å². The van der Waals surface area contributed by atoms with Crippen LogP contribution >= 0.6 is 0 Å². The third-order valence-corrected chi connectivity index (χ3v) is 8.94. The zero-order chi connectivity index (χ0) is 30.8. The van der Waals surface area contributed by atoms with Crippen LogP contribution in [0.2, 0.25) is 0 Å². The van der Waals surface area contributed by atoms with Crippen LogP contribution in [0.3, 0.4) is 0 Å². The van der Waals surface area contributed by atoms with Crippen molar-refractivity contribution in [2.45, 2.75) is 50.6 Å². The number of aryl methyl sites for hydroxylation is 1. The number of hydrogen-bond acceptors (Lipinski definition) is 8. The van der Waals surface area contributed by atoms with Gasteiger partial charge in [-0.25, -0.2) is 8.42 Å². The molecule has 0 saturated carbocycles. The van der Waals surface area contributed by atoms with Crippen molar-refractivity contribution in [3.63, 3.8) is 0 Å². The van der Waals surface area contributed by atoms with E-state index in [2.05, 4.69) is 22.4 Å². The summed E-state index contributed by atoms with van der Waals surface area (Å²) < 4.78 is 51.3. The fraction of sp³-hybridized carbons (Fsp3) is 0.344. The van der Waals surface area contributed by atoms with E-state index in [1.807, 2.05) is 12.1 Å². The minimum Gasteiger partial charge on any atom is -0.493 e. The Labute approximate surface area is 254 Å². The Bertz CT molecular complexity index is 1530. The molecule has 0 unspecified atom stereocenters. The van der Waals surface area contributed by atoms with Crippen LogP contribution in [-0.2, 0) is 29.5 Å². The normalized spacial score (nSPS) is 11.4. The SMILES string of the molecule is CCCCCc1[nH]ncc1Nc1ccc(S(=O)(=O)N(Cc2ccc(OC)c(OC)c2)Cc2ccc(OC)c(OC)c2)cc1. The van der Waals surface area contributed by atoms with Crippen LogP contribution < -0.4 is 24.3 Å². The number of sulfonamides is 1. The van der Waals surface area contributed by atoms with Gasteiger partial charge in [-0.3, -0.25) is 5.10 Å². The molecule has 1 aromatic heterocycles. The molecule has 3 aromatic carbocycles. The first kappa shape index (κ1) is 31.7. The van der Waals surface area contributed by atoms with E-state index in [-0.39, 0.29) is 18.0 Å². The molecular weight excluding hydrogens is 568 g/mol. The summed E-state index contributed by atoms with van der Waals surface area (Å²) in [5, 5.41) is 10.6. The fourth-order valence-corrected chi connectivity index (χ4v) is 6.19. The van der Waals surface area contributed by atoms with Crippen molar-refractivity contribution in [2.75, 3.05) is 33.8 Å². The van der Waals surface area contributed by atoms with Crippen LogP contribution in [0.15, 0.2) is 71.8 Å². The number of H-pyrrole nitrogens is 1. The van der Waals surface area contributed by atoms with Crippen LogP contribution in [0.4, 0.5) is 11.4 Å². The molecule has 10 nitrogen and oxygen atoms in total. The minimum atomic E-state index is -3.93. The van der Waals surface area contributed by atoms with Gasteiger partial charge in [0.2, 0.25) is 10.0 Å². The van der Waals surface area contributed by atoms with Crippen LogP contribution in [0.25, 0.3) is 0 Å². The lowest BCUT2D eigenvalue weighted by Crippen LogP contribution is -2.30. The third kappa shape index (κ3) is 7.79. The van der Waals surface area contributed by atoms with Gasteiger partial charge >= 0.3 is 0 Å². The average molecular weight is 609 g/mol. The second-order valence-corrected chi connectivity index (χ2v) is 12.0. The summed E-state index contributed by atoms with van der Waals surface area (Å²) in [4.78, 5) is 0.175. The number of benzene rings is 3. The molecule has 230 valence electrons. The van der Waals surface area contributed by atoms with Crippen LogP contribution in [0.1, 0.15) is 43.0 Å². The Morgan fingerprint density at radius 3 is 1.84 bits per heavy atom. The van der Waals surface area contributed by atoms with Gasteiger partial charge in [0.15, 0.2) is 23.0 Å². The average Bonchev–Trinajstić information content (AvgIpc) is 3.47. The van der Waals surface area contributed by atoms with Crippen molar-refractivity contribution >= 4 is 21.4 Å². The predicted molar refractivity (Wildman–Crippen MR) is 167 cm³/mol. The second kappa shape index (κ2) is 14.8. The number of nitrogens with one attached hydrogen (secondary N) is 2. The van der Waals surface area contributed by atoms with E-state index in [4.69, 9.17) is 18.9 Å². The van der Waals surface area contributed by atoms with Crippen molar-refractivity contribution in [3.8, 4) is 23.0 Å². The smallest absolute Gasteiger partial charge is 0.243 e. The summed E-state index contributed by atoms with van der Waals surface area (Å²) in [7, 11) is 2.29. The summed E-state index contributed by atoms with van der Waals surface area (Å²) in [6.45, 7) is 2.38. The number of aromatic nitrogens is 2. The van der Waals surface area contributed by atoms with Crippen molar-refractivity contribution in [1.29, 1.82) is 0 Å². The largest absolute Gasteiger partial charge is 0.493 e. The van der Waals surface area contributed by atoms with Crippen LogP contribution in [0, 0.1) is 0 Å². The molecule has 4 aromatic rings. The first-order valence-electron chi connectivity index (χ1n) is 14.1. The Hall–Kier alpha value is -4.22. The van der Waals surface area contributed by atoms with E-state index in [1.54, 1.807) is 83.2 Å². The third-order valence-electron chi connectivity index (χ3n) is 7.13. The molecule has 11 heteroatoms. The molecule has 4 rings (SSSR count). The first-order valence-corrected chi connectivity index (χ1v) is 15.6. The summed E-state index contributed by atoms with van der Waals surface area (Å²) in [6.07, 6.45) is 6.00. The van der Waals surface area contributed by atoms with E-state index in [0.29, 0.717) is 23.0 Å². The van der Waals surface area contributed by atoms with Gasteiger partial charge in [-0.05, 0) is 72.5 Å². The maximum absolute atomic E-state index is 14.1. The highest BCUT2D eigenvalue weighted by atomic mass is 32.2. The molecule has 0 aliphatic carbocycles. The Balaban J connectivity index is 1.62. The van der Waals surface area contributed by atoms with Crippen molar-refractivity contribution in [3.05, 3.63) is 83.7 Å². The minimum absolute atomic E-state index is 0.104. The zero-order valence-corrected chi connectivity index (χ0v) is 26.2. The van der Waals surface area contributed by atoms with E-state index < -0.39 is 10.0 Å². The van der Waals surface area contributed by atoms with Gasteiger partial charge in [-0.1, -0.05) is 31.9 Å². The molecule has 0 fully saturated rings. The van der Waals surface area contributed by atoms with Crippen molar-refractivity contribution < 1.29 is 27.4 Å². The van der Waals surface area contributed by atoms with E-state index >= 15 is 0 Å². The molecule has 0 spiro atoms. The highest BCUT2D eigenvalue weighted by Gasteiger charge is 2.26. The van der Waals surface area contributed by atoms with Gasteiger partial charge in [-0.15, -0.1) is 0 Å². The molecule has 0 amide bonds. The number of nitrogens with zero attached hydrogens (tertiary/aromatic N) is 2. The highest BCUT2D eigenvalue weighted by molar-refractivity contribution is 7.89. The predicted octanol–water partition coefficient (Wildman–Crippen LogP) is 6.31. The number of hydrogen-bond donors (Lipinski definition) is 2. The Morgan fingerprint density at radius 1 is 0.767 bits per heavy atom. The highest BCUT2D eigenvalue weighted by Crippen LogP contribution is 2.32. The Kier molecular flexibility index (Phi) is 10.9. The van der Waals surface area contributed by atoms with Crippen LogP contribution in [0.5, 0.6) is 23.0 Å². The van der Waals surface area contributed by atoms with Gasteiger partial charge in [-0.2, -0.15) is 9.40 Å². The van der Waals surface area contributed by atoms with E-state index in [1.165, 1.54) is 4.31 Å². The summed E-state index contributed by atoms with van der Waals surface area (Å²) in [5.74, 6) is 2.17. The summed E-state index contributed by atoms with van der Waals surface area (Å²) in [5.41, 5.74) is 4.17.